The van der Waals surface area contributed by atoms with Crippen LogP contribution in [0.25, 0.3) is 11.1 Å². The van der Waals surface area contributed by atoms with E-state index in [1.807, 2.05) is 38.1 Å². The van der Waals surface area contributed by atoms with Gasteiger partial charge in [-0.3, -0.25) is 9.59 Å². The maximum atomic E-state index is 13.3. The zero-order chi connectivity index (χ0) is 24.2. The molecule has 1 atom stereocenters. The lowest BCUT2D eigenvalue weighted by molar-refractivity contribution is -0.611. The second-order valence-electron chi connectivity index (χ2n) is 8.88. The highest BCUT2D eigenvalue weighted by Crippen LogP contribution is 2.30. The van der Waals surface area contributed by atoms with E-state index in [0.29, 0.717) is 29.1 Å². The van der Waals surface area contributed by atoms with Gasteiger partial charge in [-0.05, 0) is 55.4 Å². The Balaban J connectivity index is 1.51. The average Bonchev–Trinajstić information content (AvgIpc) is 3.53. The van der Waals surface area contributed by atoms with Crippen LogP contribution in [-0.4, -0.2) is 23.0 Å². The molecule has 3 aromatic rings. The van der Waals surface area contributed by atoms with Gasteiger partial charge in [0.1, 0.15) is 17.9 Å². The van der Waals surface area contributed by atoms with Gasteiger partial charge in [-0.2, -0.15) is 4.73 Å². The second-order valence-corrected chi connectivity index (χ2v) is 8.88. The molecule has 0 saturated heterocycles. The molecule has 1 aliphatic carbocycles. The van der Waals surface area contributed by atoms with E-state index in [4.69, 9.17) is 4.52 Å². The van der Waals surface area contributed by atoms with E-state index in [9.17, 15) is 14.8 Å². The van der Waals surface area contributed by atoms with E-state index in [1.54, 1.807) is 13.0 Å². The van der Waals surface area contributed by atoms with Crippen molar-refractivity contribution in [3.8, 4) is 11.1 Å². The minimum Gasteiger partial charge on any atom is -0.618 e. The molecule has 0 aliphatic heterocycles. The summed E-state index contributed by atoms with van der Waals surface area (Å²) in [7, 11) is 0. The first kappa shape index (κ1) is 23.5. The zero-order valence-corrected chi connectivity index (χ0v) is 19.8. The van der Waals surface area contributed by atoms with Gasteiger partial charge >= 0.3 is 0 Å². The molecule has 1 fully saturated rings. The number of aryl methyl sites for hydroxylation is 2. The fourth-order valence-electron chi connectivity index (χ4n) is 4.75. The van der Waals surface area contributed by atoms with E-state index in [-0.39, 0.29) is 17.7 Å². The molecule has 2 heterocycles. The third-order valence-electron chi connectivity index (χ3n) is 6.65. The molecule has 34 heavy (non-hydrogen) atoms. The van der Waals surface area contributed by atoms with Crippen molar-refractivity contribution in [2.75, 3.05) is 5.32 Å². The number of hydrogen-bond acceptors (Lipinski definition) is 5. The molecule has 178 valence electrons. The van der Waals surface area contributed by atoms with Gasteiger partial charge in [0.2, 0.25) is 5.91 Å². The van der Waals surface area contributed by atoms with Crippen molar-refractivity contribution in [1.29, 1.82) is 0 Å². The molecule has 0 radical (unpaired) electrons. The number of pyridine rings is 1. The van der Waals surface area contributed by atoms with Crippen molar-refractivity contribution in [2.24, 2.45) is 5.92 Å². The van der Waals surface area contributed by atoms with Crippen LogP contribution in [0.3, 0.4) is 0 Å². The lowest BCUT2D eigenvalue weighted by Gasteiger charge is -2.24. The first-order valence-electron chi connectivity index (χ1n) is 11.7. The number of aromatic nitrogens is 2. The van der Waals surface area contributed by atoms with Crippen LogP contribution >= 0.6 is 0 Å². The van der Waals surface area contributed by atoms with Gasteiger partial charge in [-0.15, -0.1) is 0 Å². The molecule has 8 nitrogen and oxygen atoms in total. The van der Waals surface area contributed by atoms with Crippen LogP contribution < -0.4 is 15.4 Å². The highest BCUT2D eigenvalue weighted by atomic mass is 16.5. The minimum atomic E-state index is -0.646. The van der Waals surface area contributed by atoms with Gasteiger partial charge in [0.25, 0.3) is 5.91 Å². The quantitative estimate of drug-likeness (QED) is 0.406. The highest BCUT2D eigenvalue weighted by Gasteiger charge is 2.33. The Hall–Kier alpha value is -3.68. The van der Waals surface area contributed by atoms with Gasteiger partial charge in [-0.25, -0.2) is 0 Å². The van der Waals surface area contributed by atoms with Gasteiger partial charge in [-0.1, -0.05) is 37.1 Å². The van der Waals surface area contributed by atoms with E-state index < -0.39 is 6.04 Å². The predicted octanol–water partition coefficient (Wildman–Crippen LogP) is 4.08. The molecule has 0 spiro atoms. The number of hydrogen-bond donors (Lipinski definition) is 2. The van der Waals surface area contributed by atoms with Gasteiger partial charge in [0.15, 0.2) is 11.9 Å². The van der Waals surface area contributed by atoms with Crippen molar-refractivity contribution in [3.63, 3.8) is 0 Å². The number of nitrogens with zero attached hydrogens (tertiary/aromatic N) is 2. The van der Waals surface area contributed by atoms with Gasteiger partial charge < -0.3 is 20.4 Å². The Morgan fingerprint density at radius 1 is 1.18 bits per heavy atom. The van der Waals surface area contributed by atoms with Crippen LogP contribution in [0.2, 0.25) is 0 Å². The third kappa shape index (κ3) is 4.81. The number of nitrogens with one attached hydrogen (secondary N) is 2. The Morgan fingerprint density at radius 2 is 1.88 bits per heavy atom. The van der Waals surface area contributed by atoms with Gasteiger partial charge in [0.05, 0.1) is 11.3 Å². The number of rotatable bonds is 7. The topological polar surface area (TPSA) is 111 Å². The lowest BCUT2D eigenvalue weighted by atomic mass is 9.96. The summed E-state index contributed by atoms with van der Waals surface area (Å²) in [6.45, 7) is 5.65. The van der Waals surface area contributed by atoms with Crippen molar-refractivity contribution in [2.45, 2.75) is 58.9 Å². The van der Waals surface area contributed by atoms with E-state index in [1.165, 1.54) is 12.5 Å². The summed E-state index contributed by atoms with van der Waals surface area (Å²) in [5, 5.41) is 21.8. The van der Waals surface area contributed by atoms with Crippen LogP contribution in [-0.2, 0) is 11.2 Å². The summed E-state index contributed by atoms with van der Waals surface area (Å²) >= 11 is 0. The molecule has 1 aliphatic rings. The normalized spacial score (nSPS) is 14.7. The van der Waals surface area contributed by atoms with E-state index >= 15 is 0 Å². The highest BCUT2D eigenvalue weighted by molar-refractivity contribution is 6.01. The molecular formula is C26H30N4O4. The molecule has 2 aromatic heterocycles. The van der Waals surface area contributed by atoms with Crippen molar-refractivity contribution in [3.05, 3.63) is 70.5 Å². The number of benzene rings is 1. The van der Waals surface area contributed by atoms with Crippen LogP contribution in [0.5, 0.6) is 0 Å². The Labute approximate surface area is 198 Å². The molecule has 4 rings (SSSR count). The van der Waals surface area contributed by atoms with E-state index in [0.717, 1.165) is 47.1 Å². The first-order chi connectivity index (χ1) is 16.4. The largest absolute Gasteiger partial charge is 0.618 e. The SMILES string of the molecule is CCc1nocc1C(=O)N[C@H](C(=O)Nc1ccc(-c2c(C)cc[n+]([O-])c2C)cc1)C1CCCC1. The molecule has 1 aromatic carbocycles. The standard InChI is InChI=1S/C26H30N4O4/c1-4-22-21(15-34-29-22)25(31)28-24(19-7-5-6-8-19)26(32)27-20-11-9-18(10-12-20)23-16(2)13-14-30(33)17(23)3/h9-15,19,24H,4-8H2,1-3H3,(H,27,32)(H,28,31)/t24-/m0/s1. The molecule has 0 unspecified atom stereocenters. The van der Waals surface area contributed by atoms with Crippen LogP contribution in [0, 0.1) is 25.0 Å². The Morgan fingerprint density at radius 3 is 2.56 bits per heavy atom. The van der Waals surface area contributed by atoms with E-state index in [2.05, 4.69) is 15.8 Å². The summed E-state index contributed by atoms with van der Waals surface area (Å²) in [6, 6.07) is 8.55. The molecular weight excluding hydrogens is 432 g/mol. The zero-order valence-electron chi connectivity index (χ0n) is 19.8. The lowest BCUT2D eigenvalue weighted by Crippen LogP contribution is -2.48. The summed E-state index contributed by atoms with van der Waals surface area (Å²) in [6.07, 6.45) is 7.27. The fourth-order valence-corrected chi connectivity index (χ4v) is 4.75. The molecule has 8 heteroatoms. The Bertz CT molecular complexity index is 1180. The fraction of sp³-hybridized carbons (Fsp3) is 0.385. The summed E-state index contributed by atoms with van der Waals surface area (Å²) in [5.74, 6) is -0.510. The number of carbonyl (C=O) groups is 2. The monoisotopic (exact) mass is 462 g/mol. The molecule has 2 N–H and O–H groups in total. The Kier molecular flexibility index (Phi) is 6.95. The summed E-state index contributed by atoms with van der Waals surface area (Å²) in [5.41, 5.74) is 4.99. The first-order valence-corrected chi connectivity index (χ1v) is 11.7. The third-order valence-corrected chi connectivity index (χ3v) is 6.65. The summed E-state index contributed by atoms with van der Waals surface area (Å²) in [4.78, 5) is 26.1. The number of carbonyl (C=O) groups excluding carboxylic acids is 2. The minimum absolute atomic E-state index is 0.0790. The van der Waals surface area contributed by atoms with Crippen molar-refractivity contribution >= 4 is 17.5 Å². The molecule has 2 amide bonds. The van der Waals surface area contributed by atoms with Crippen LogP contribution in [0.15, 0.2) is 47.3 Å². The average molecular weight is 463 g/mol. The van der Waals surface area contributed by atoms with Crippen LogP contribution in [0.1, 0.15) is 59.9 Å². The van der Waals surface area contributed by atoms with Crippen LogP contribution in [0.4, 0.5) is 5.69 Å². The predicted molar refractivity (Wildman–Crippen MR) is 128 cm³/mol. The molecule has 1 saturated carbocycles. The van der Waals surface area contributed by atoms with Crippen molar-refractivity contribution < 1.29 is 18.8 Å². The van der Waals surface area contributed by atoms with Gasteiger partial charge in [0, 0.05) is 18.7 Å². The number of amides is 2. The maximum Gasteiger partial charge on any atom is 0.257 e. The smallest absolute Gasteiger partial charge is 0.257 e. The van der Waals surface area contributed by atoms with Crippen molar-refractivity contribution in [1.82, 2.24) is 10.5 Å². The second kappa shape index (κ2) is 10.1. The molecule has 0 bridgehead atoms. The summed E-state index contributed by atoms with van der Waals surface area (Å²) < 4.78 is 5.81. The number of anilines is 1. The maximum absolute atomic E-state index is 13.3.